The molecular weight excluding hydrogens is 315 g/mol. The Kier molecular flexibility index (Phi) is 5.71. The molecule has 0 fully saturated rings. The van der Waals surface area contributed by atoms with Gasteiger partial charge in [-0.15, -0.1) is 0 Å². The number of nitro benzene ring substituents is 1. The van der Waals surface area contributed by atoms with Gasteiger partial charge in [-0.05, 0) is 6.07 Å². The number of halogens is 2. The van der Waals surface area contributed by atoms with E-state index in [1.54, 1.807) is 0 Å². The second kappa shape index (κ2) is 6.83. The van der Waals surface area contributed by atoms with Gasteiger partial charge in [0, 0.05) is 41.0 Å². The molecule has 0 aliphatic heterocycles. The lowest BCUT2D eigenvalue weighted by molar-refractivity contribution is -0.384. The highest BCUT2D eigenvalue weighted by Gasteiger charge is 2.19. The Morgan fingerprint density at radius 3 is 2.63 bits per heavy atom. The third kappa shape index (κ3) is 4.45. The van der Waals surface area contributed by atoms with Crippen LogP contribution in [0.3, 0.4) is 0 Å². The molecule has 1 unspecified atom stereocenters. The summed E-state index contributed by atoms with van der Waals surface area (Å²) in [6.07, 6.45) is 1.51. The average molecular weight is 325 g/mol. The number of hydrogen-bond donors (Lipinski definition) is 1. The van der Waals surface area contributed by atoms with Crippen molar-refractivity contribution in [2.75, 3.05) is 18.6 Å². The fourth-order valence-electron chi connectivity index (χ4n) is 1.25. The van der Waals surface area contributed by atoms with Crippen LogP contribution in [0.4, 0.5) is 5.69 Å². The van der Waals surface area contributed by atoms with Gasteiger partial charge in [0.2, 0.25) is 0 Å². The minimum atomic E-state index is -1.03. The first-order chi connectivity index (χ1) is 8.82. The summed E-state index contributed by atoms with van der Waals surface area (Å²) in [5.74, 6) is -0.234. The largest absolute Gasteiger partial charge is 0.351 e. The van der Waals surface area contributed by atoms with Gasteiger partial charge in [-0.25, -0.2) is 0 Å². The fourth-order valence-corrected chi connectivity index (χ4v) is 2.03. The maximum Gasteiger partial charge on any atom is 0.290 e. The van der Waals surface area contributed by atoms with Crippen LogP contribution in [0.2, 0.25) is 10.0 Å². The van der Waals surface area contributed by atoms with Crippen LogP contribution in [0, 0.1) is 10.1 Å². The van der Waals surface area contributed by atoms with Crippen LogP contribution in [0.1, 0.15) is 10.4 Å². The predicted octanol–water partition coefficient (Wildman–Crippen LogP) is 2.01. The Morgan fingerprint density at radius 2 is 2.11 bits per heavy atom. The molecule has 1 atom stereocenters. The van der Waals surface area contributed by atoms with Crippen molar-refractivity contribution in [2.24, 2.45) is 0 Å². The molecule has 0 aliphatic carbocycles. The molecule has 0 spiro atoms. The molecule has 0 aromatic heterocycles. The van der Waals surface area contributed by atoms with Crippen LogP contribution in [0.25, 0.3) is 0 Å². The fraction of sp³-hybridized carbons (Fsp3) is 0.300. The molecule has 6 nitrogen and oxygen atoms in total. The molecule has 0 saturated heterocycles. The van der Waals surface area contributed by atoms with Crippen LogP contribution in [0.5, 0.6) is 0 Å². The molecule has 0 aliphatic rings. The van der Waals surface area contributed by atoms with E-state index in [0.717, 1.165) is 6.07 Å². The van der Waals surface area contributed by atoms with Crippen molar-refractivity contribution in [3.63, 3.8) is 0 Å². The summed E-state index contributed by atoms with van der Waals surface area (Å²) in [5, 5.41) is 12.9. The van der Waals surface area contributed by atoms with Crippen LogP contribution in [0.15, 0.2) is 12.1 Å². The standard InChI is InChI=1S/C10H10Cl2N2O4S/c1-19(18)3-2-13-10(15)6-4-7(11)9(12)8(5-6)14(16)17/h4-5H,2-3H2,1H3,(H,13,15). The van der Waals surface area contributed by atoms with Crippen LogP contribution in [-0.4, -0.2) is 33.6 Å². The maximum atomic E-state index is 11.7. The first-order valence-corrected chi connectivity index (χ1v) is 7.53. The van der Waals surface area contributed by atoms with Gasteiger partial charge in [0.25, 0.3) is 11.6 Å². The highest BCUT2D eigenvalue weighted by molar-refractivity contribution is 7.84. The first-order valence-electron chi connectivity index (χ1n) is 5.04. The van der Waals surface area contributed by atoms with E-state index in [0.29, 0.717) is 5.75 Å². The minimum Gasteiger partial charge on any atom is -0.351 e. The Balaban J connectivity index is 2.92. The molecule has 1 aromatic rings. The van der Waals surface area contributed by atoms with E-state index in [-0.39, 0.29) is 22.2 Å². The monoisotopic (exact) mass is 324 g/mol. The van der Waals surface area contributed by atoms with Crippen LogP contribution >= 0.6 is 23.2 Å². The van der Waals surface area contributed by atoms with Gasteiger partial charge in [0.15, 0.2) is 0 Å². The molecule has 0 saturated carbocycles. The summed E-state index contributed by atoms with van der Waals surface area (Å²) in [6.45, 7) is 0.204. The molecule has 1 rings (SSSR count). The van der Waals surface area contributed by atoms with E-state index in [1.807, 2.05) is 0 Å². The third-order valence-corrected chi connectivity index (χ3v) is 3.71. The number of hydrogen-bond acceptors (Lipinski definition) is 4. The molecular formula is C10H10Cl2N2O4S. The van der Waals surface area contributed by atoms with E-state index in [1.165, 1.54) is 12.3 Å². The van der Waals surface area contributed by atoms with Crippen molar-refractivity contribution in [1.82, 2.24) is 5.32 Å². The zero-order valence-electron chi connectivity index (χ0n) is 9.81. The van der Waals surface area contributed by atoms with E-state index in [2.05, 4.69) is 5.32 Å². The van der Waals surface area contributed by atoms with Crippen LogP contribution in [-0.2, 0) is 10.8 Å². The number of nitrogens with zero attached hydrogens (tertiary/aromatic N) is 1. The van der Waals surface area contributed by atoms with Gasteiger partial charge in [0.1, 0.15) is 5.02 Å². The molecule has 1 amide bonds. The van der Waals surface area contributed by atoms with Crippen molar-refractivity contribution in [3.8, 4) is 0 Å². The van der Waals surface area contributed by atoms with Crippen LogP contribution < -0.4 is 5.32 Å². The maximum absolute atomic E-state index is 11.7. The first kappa shape index (κ1) is 15.9. The zero-order chi connectivity index (χ0) is 14.6. The summed E-state index contributed by atoms with van der Waals surface area (Å²) in [6, 6.07) is 2.29. The lowest BCUT2D eigenvalue weighted by Gasteiger charge is -2.06. The van der Waals surface area contributed by atoms with Crippen molar-refractivity contribution >= 4 is 45.6 Å². The number of amides is 1. The number of carbonyl (C=O) groups excluding carboxylic acids is 1. The summed E-state index contributed by atoms with van der Waals surface area (Å²) in [5.41, 5.74) is -0.402. The molecule has 9 heteroatoms. The van der Waals surface area contributed by atoms with Gasteiger partial charge in [-0.2, -0.15) is 0 Å². The normalized spacial score (nSPS) is 11.9. The van der Waals surface area contributed by atoms with Gasteiger partial charge in [0.05, 0.1) is 9.95 Å². The molecule has 0 heterocycles. The molecule has 19 heavy (non-hydrogen) atoms. The van der Waals surface area contributed by atoms with Gasteiger partial charge in [-0.1, -0.05) is 23.2 Å². The Bertz CT molecular complexity index is 551. The summed E-state index contributed by atoms with van der Waals surface area (Å²) >= 11 is 11.4. The number of nitrogens with one attached hydrogen (secondary N) is 1. The zero-order valence-corrected chi connectivity index (χ0v) is 12.1. The number of benzene rings is 1. The van der Waals surface area contributed by atoms with E-state index in [9.17, 15) is 19.1 Å². The van der Waals surface area contributed by atoms with Gasteiger partial charge < -0.3 is 5.32 Å². The van der Waals surface area contributed by atoms with Crippen molar-refractivity contribution in [1.29, 1.82) is 0 Å². The van der Waals surface area contributed by atoms with Gasteiger partial charge >= 0.3 is 0 Å². The predicted molar refractivity (Wildman–Crippen MR) is 74.4 cm³/mol. The van der Waals surface area contributed by atoms with Crippen molar-refractivity contribution in [3.05, 3.63) is 37.9 Å². The quantitative estimate of drug-likeness (QED) is 0.662. The van der Waals surface area contributed by atoms with E-state index >= 15 is 0 Å². The summed E-state index contributed by atoms with van der Waals surface area (Å²) in [4.78, 5) is 21.8. The Hall–Kier alpha value is -1.18. The molecule has 1 N–H and O–H groups in total. The van der Waals surface area contributed by atoms with E-state index < -0.39 is 27.3 Å². The summed E-state index contributed by atoms with van der Waals surface area (Å²) < 4.78 is 10.8. The highest BCUT2D eigenvalue weighted by atomic mass is 35.5. The number of carbonyl (C=O) groups is 1. The topological polar surface area (TPSA) is 89.3 Å². The molecule has 104 valence electrons. The average Bonchev–Trinajstić information content (AvgIpc) is 2.31. The highest BCUT2D eigenvalue weighted by Crippen LogP contribution is 2.32. The third-order valence-electron chi connectivity index (χ3n) is 2.14. The number of nitro groups is 1. The number of rotatable bonds is 5. The molecule has 0 radical (unpaired) electrons. The molecule has 1 aromatic carbocycles. The minimum absolute atomic E-state index is 0.0305. The van der Waals surface area contributed by atoms with Gasteiger partial charge in [-0.3, -0.25) is 19.1 Å². The second-order valence-electron chi connectivity index (χ2n) is 3.58. The van der Waals surface area contributed by atoms with Crippen molar-refractivity contribution < 1.29 is 13.9 Å². The lowest BCUT2D eigenvalue weighted by Crippen LogP contribution is -2.27. The van der Waals surface area contributed by atoms with E-state index in [4.69, 9.17) is 23.2 Å². The Labute approximate surface area is 121 Å². The SMILES string of the molecule is CS(=O)CCNC(=O)c1cc(Cl)c(Cl)c([N+](=O)[O-])c1. The molecule has 0 bridgehead atoms. The van der Waals surface area contributed by atoms with Crippen molar-refractivity contribution in [2.45, 2.75) is 0 Å². The smallest absolute Gasteiger partial charge is 0.290 e. The Morgan fingerprint density at radius 1 is 1.47 bits per heavy atom. The lowest BCUT2D eigenvalue weighted by atomic mass is 10.2. The second-order valence-corrected chi connectivity index (χ2v) is 5.92. The summed E-state index contributed by atoms with van der Waals surface area (Å²) in [7, 11) is -1.03.